The molecule has 0 aromatic heterocycles. The molecule has 0 fully saturated rings. The lowest BCUT2D eigenvalue weighted by molar-refractivity contribution is 0.0747. The van der Waals surface area contributed by atoms with E-state index in [0.717, 1.165) is 42.0 Å². The highest BCUT2D eigenvalue weighted by Gasteiger charge is 2.25. The van der Waals surface area contributed by atoms with E-state index in [0.29, 0.717) is 6.61 Å². The van der Waals surface area contributed by atoms with Gasteiger partial charge < -0.3 is 9.64 Å². The normalized spacial score (nSPS) is 13.9. The molecule has 1 amide bonds. The summed E-state index contributed by atoms with van der Waals surface area (Å²) in [6.45, 7) is 3.79. The summed E-state index contributed by atoms with van der Waals surface area (Å²) in [5, 5.41) is 0. The first-order valence-electron chi connectivity index (χ1n) is 7.47. The zero-order valence-electron chi connectivity index (χ0n) is 12.5. The summed E-state index contributed by atoms with van der Waals surface area (Å²) < 4.78 is 18.8. The van der Waals surface area contributed by atoms with Crippen LogP contribution in [0.2, 0.25) is 0 Å². The molecule has 3 nitrogen and oxygen atoms in total. The van der Waals surface area contributed by atoms with E-state index in [1.165, 1.54) is 12.1 Å². The van der Waals surface area contributed by atoms with Crippen LogP contribution in [0.1, 0.15) is 28.4 Å². The highest BCUT2D eigenvalue weighted by Crippen LogP contribution is 2.28. The minimum Gasteiger partial charge on any atom is -0.489 e. The van der Waals surface area contributed by atoms with Gasteiger partial charge in [-0.05, 0) is 43.2 Å². The first-order chi connectivity index (χ1) is 10.7. The van der Waals surface area contributed by atoms with E-state index in [-0.39, 0.29) is 11.7 Å². The SMILES string of the molecule is CCN1CCc2c(OCc3ccc(F)cc3)cccc2C1=O. The molecular weight excluding hydrogens is 281 g/mol. The number of carbonyl (C=O) groups excluding carboxylic acids is 1. The monoisotopic (exact) mass is 299 g/mol. The van der Waals surface area contributed by atoms with E-state index >= 15 is 0 Å². The third-order valence-corrected chi connectivity index (χ3v) is 3.97. The molecule has 3 rings (SSSR count). The molecule has 4 heteroatoms. The Kier molecular flexibility index (Phi) is 4.09. The van der Waals surface area contributed by atoms with Crippen LogP contribution in [0.3, 0.4) is 0 Å². The van der Waals surface area contributed by atoms with Crippen LogP contribution in [0.15, 0.2) is 42.5 Å². The predicted molar refractivity (Wildman–Crippen MR) is 82.5 cm³/mol. The minimum absolute atomic E-state index is 0.0657. The summed E-state index contributed by atoms with van der Waals surface area (Å²) in [5.74, 6) is 0.549. The van der Waals surface area contributed by atoms with E-state index in [2.05, 4.69) is 0 Å². The summed E-state index contributed by atoms with van der Waals surface area (Å²) in [6, 6.07) is 11.8. The fraction of sp³-hybridized carbons (Fsp3) is 0.278. The number of benzene rings is 2. The molecule has 0 bridgehead atoms. The quantitative estimate of drug-likeness (QED) is 0.865. The number of nitrogens with zero attached hydrogens (tertiary/aromatic N) is 1. The molecule has 1 heterocycles. The molecule has 0 saturated carbocycles. The summed E-state index contributed by atoms with van der Waals surface area (Å²) in [5.41, 5.74) is 2.60. The van der Waals surface area contributed by atoms with Crippen LogP contribution < -0.4 is 4.74 Å². The standard InChI is InChI=1S/C18H18FNO2/c1-2-20-11-10-15-16(18(20)21)4-3-5-17(15)22-12-13-6-8-14(19)9-7-13/h3-9H,2,10-12H2,1H3. The van der Waals surface area contributed by atoms with Crippen LogP contribution in [0.5, 0.6) is 5.75 Å². The zero-order valence-corrected chi connectivity index (χ0v) is 12.5. The van der Waals surface area contributed by atoms with Gasteiger partial charge in [-0.3, -0.25) is 4.79 Å². The maximum Gasteiger partial charge on any atom is 0.254 e. The Labute approximate surface area is 129 Å². The van der Waals surface area contributed by atoms with Crippen LogP contribution in [0.25, 0.3) is 0 Å². The van der Waals surface area contributed by atoms with Crippen molar-refractivity contribution >= 4 is 5.91 Å². The molecule has 114 valence electrons. The lowest BCUT2D eigenvalue weighted by Crippen LogP contribution is -2.37. The molecule has 0 N–H and O–H groups in total. The van der Waals surface area contributed by atoms with Gasteiger partial charge in [0.25, 0.3) is 5.91 Å². The molecule has 0 spiro atoms. The summed E-state index contributed by atoms with van der Waals surface area (Å²) in [6.07, 6.45) is 0.800. The lowest BCUT2D eigenvalue weighted by Gasteiger charge is -2.28. The summed E-state index contributed by atoms with van der Waals surface area (Å²) in [7, 11) is 0. The Morgan fingerprint density at radius 2 is 1.95 bits per heavy atom. The van der Waals surface area contributed by atoms with Crippen LogP contribution in [-0.2, 0) is 13.0 Å². The molecule has 1 aliphatic heterocycles. The Hall–Kier alpha value is -2.36. The Balaban J connectivity index is 1.79. The smallest absolute Gasteiger partial charge is 0.254 e. The van der Waals surface area contributed by atoms with Crippen LogP contribution >= 0.6 is 0 Å². The van der Waals surface area contributed by atoms with Crippen molar-refractivity contribution in [3.05, 3.63) is 65.0 Å². The van der Waals surface area contributed by atoms with Crippen molar-refractivity contribution in [3.8, 4) is 5.75 Å². The summed E-state index contributed by atoms with van der Waals surface area (Å²) >= 11 is 0. The van der Waals surface area contributed by atoms with Gasteiger partial charge in [-0.2, -0.15) is 0 Å². The third kappa shape index (κ3) is 2.82. The van der Waals surface area contributed by atoms with Gasteiger partial charge in [0.15, 0.2) is 0 Å². The van der Waals surface area contributed by atoms with Gasteiger partial charge in [0.2, 0.25) is 0 Å². The molecule has 0 atom stereocenters. The number of hydrogen-bond donors (Lipinski definition) is 0. The highest BCUT2D eigenvalue weighted by atomic mass is 19.1. The van der Waals surface area contributed by atoms with Crippen molar-refractivity contribution in [3.63, 3.8) is 0 Å². The number of hydrogen-bond acceptors (Lipinski definition) is 2. The van der Waals surface area contributed by atoms with Gasteiger partial charge in [-0.1, -0.05) is 18.2 Å². The van der Waals surface area contributed by atoms with Gasteiger partial charge in [-0.15, -0.1) is 0 Å². The number of carbonyl (C=O) groups is 1. The molecule has 0 radical (unpaired) electrons. The first kappa shape index (κ1) is 14.6. The van der Waals surface area contributed by atoms with Gasteiger partial charge in [0.1, 0.15) is 18.2 Å². The van der Waals surface area contributed by atoms with Crippen molar-refractivity contribution in [2.75, 3.05) is 13.1 Å². The average Bonchev–Trinajstić information content (AvgIpc) is 2.55. The maximum atomic E-state index is 12.9. The topological polar surface area (TPSA) is 29.5 Å². The number of ether oxygens (including phenoxy) is 1. The lowest BCUT2D eigenvalue weighted by atomic mass is 9.98. The van der Waals surface area contributed by atoms with Crippen molar-refractivity contribution in [2.45, 2.75) is 20.0 Å². The van der Waals surface area contributed by atoms with Crippen molar-refractivity contribution in [1.82, 2.24) is 4.90 Å². The molecule has 0 unspecified atom stereocenters. The second-order valence-corrected chi connectivity index (χ2v) is 5.33. The van der Waals surface area contributed by atoms with Crippen molar-refractivity contribution in [2.24, 2.45) is 0 Å². The van der Waals surface area contributed by atoms with E-state index in [9.17, 15) is 9.18 Å². The fourth-order valence-electron chi connectivity index (χ4n) is 2.72. The maximum absolute atomic E-state index is 12.9. The van der Waals surface area contributed by atoms with E-state index < -0.39 is 0 Å². The Bertz CT molecular complexity index is 682. The molecule has 0 saturated heterocycles. The number of halogens is 1. The molecule has 2 aromatic rings. The molecule has 2 aromatic carbocycles. The number of fused-ring (bicyclic) bond motifs is 1. The zero-order chi connectivity index (χ0) is 15.5. The van der Waals surface area contributed by atoms with Gasteiger partial charge in [0, 0.05) is 24.2 Å². The molecule has 0 aliphatic carbocycles. The van der Waals surface area contributed by atoms with E-state index in [1.54, 1.807) is 12.1 Å². The van der Waals surface area contributed by atoms with E-state index in [1.807, 2.05) is 30.0 Å². The van der Waals surface area contributed by atoms with Gasteiger partial charge in [0.05, 0.1) is 0 Å². The summed E-state index contributed by atoms with van der Waals surface area (Å²) in [4.78, 5) is 14.2. The largest absolute Gasteiger partial charge is 0.489 e. The fourth-order valence-corrected chi connectivity index (χ4v) is 2.72. The Morgan fingerprint density at radius 1 is 1.18 bits per heavy atom. The van der Waals surface area contributed by atoms with Crippen LogP contribution in [-0.4, -0.2) is 23.9 Å². The number of rotatable bonds is 4. The second kappa shape index (κ2) is 6.18. The Morgan fingerprint density at radius 3 is 2.68 bits per heavy atom. The van der Waals surface area contributed by atoms with Crippen LogP contribution in [0, 0.1) is 5.82 Å². The molecule has 22 heavy (non-hydrogen) atoms. The predicted octanol–water partition coefficient (Wildman–Crippen LogP) is 3.42. The van der Waals surface area contributed by atoms with Gasteiger partial charge in [-0.25, -0.2) is 4.39 Å². The van der Waals surface area contributed by atoms with Crippen molar-refractivity contribution in [1.29, 1.82) is 0 Å². The molecule has 1 aliphatic rings. The number of amides is 1. The second-order valence-electron chi connectivity index (χ2n) is 5.33. The number of likely N-dealkylation sites (N-methyl/N-ethyl adjacent to an activating group) is 1. The average molecular weight is 299 g/mol. The van der Waals surface area contributed by atoms with Crippen LogP contribution in [0.4, 0.5) is 4.39 Å². The van der Waals surface area contributed by atoms with E-state index in [4.69, 9.17) is 4.74 Å². The highest BCUT2D eigenvalue weighted by molar-refractivity contribution is 5.97. The molecular formula is C18H18FNO2. The minimum atomic E-state index is -0.258. The first-order valence-corrected chi connectivity index (χ1v) is 7.47. The third-order valence-electron chi connectivity index (χ3n) is 3.97. The van der Waals surface area contributed by atoms with Gasteiger partial charge >= 0.3 is 0 Å². The van der Waals surface area contributed by atoms with Crippen molar-refractivity contribution < 1.29 is 13.9 Å².